The molecule has 2 aromatic rings. The van der Waals surface area contributed by atoms with Crippen LogP contribution in [0.3, 0.4) is 0 Å². The molecular formula is C13H16N4O4S. The van der Waals surface area contributed by atoms with E-state index in [1.54, 1.807) is 10.9 Å². The maximum absolute atomic E-state index is 12.0. The third-order valence-electron chi connectivity index (χ3n) is 2.96. The molecule has 0 radical (unpaired) electrons. The summed E-state index contributed by atoms with van der Waals surface area (Å²) in [6.45, 7) is 0.276. The summed E-state index contributed by atoms with van der Waals surface area (Å²) >= 11 is 0. The number of aromatic carboxylic acids is 1. The van der Waals surface area contributed by atoms with Gasteiger partial charge in [-0.2, -0.15) is 5.10 Å². The van der Waals surface area contributed by atoms with E-state index in [0.29, 0.717) is 12.8 Å². The van der Waals surface area contributed by atoms with Crippen LogP contribution in [0.15, 0.2) is 35.6 Å². The number of rotatable bonds is 7. The molecule has 2 aromatic heterocycles. The summed E-state index contributed by atoms with van der Waals surface area (Å²) in [7, 11) is -1.86. The van der Waals surface area contributed by atoms with E-state index in [1.165, 1.54) is 6.07 Å². The maximum Gasteiger partial charge on any atom is 0.354 e. The minimum Gasteiger partial charge on any atom is -0.477 e. The molecule has 0 amide bonds. The largest absolute Gasteiger partial charge is 0.477 e. The number of nitrogens with zero attached hydrogens (tertiary/aromatic N) is 3. The van der Waals surface area contributed by atoms with Gasteiger partial charge in [-0.15, -0.1) is 0 Å². The zero-order chi connectivity index (χ0) is 16.2. The van der Waals surface area contributed by atoms with Crippen LogP contribution in [0.25, 0.3) is 0 Å². The number of aromatic nitrogens is 3. The van der Waals surface area contributed by atoms with E-state index in [4.69, 9.17) is 5.11 Å². The van der Waals surface area contributed by atoms with E-state index in [-0.39, 0.29) is 17.1 Å². The molecule has 0 unspecified atom stereocenters. The number of pyridine rings is 1. The molecule has 0 spiro atoms. The lowest BCUT2D eigenvalue weighted by molar-refractivity contribution is 0.0690. The van der Waals surface area contributed by atoms with Gasteiger partial charge >= 0.3 is 5.97 Å². The molecule has 0 fully saturated rings. The Hall–Kier alpha value is -2.26. The molecule has 2 rings (SSSR count). The van der Waals surface area contributed by atoms with Crippen molar-refractivity contribution in [3.63, 3.8) is 0 Å². The first-order valence-corrected chi connectivity index (χ1v) is 8.03. The summed E-state index contributed by atoms with van der Waals surface area (Å²) in [5, 5.41) is 12.8. The van der Waals surface area contributed by atoms with Gasteiger partial charge in [0.1, 0.15) is 10.6 Å². The van der Waals surface area contributed by atoms with Crippen molar-refractivity contribution in [2.45, 2.75) is 17.7 Å². The molecular weight excluding hydrogens is 308 g/mol. The fourth-order valence-corrected chi connectivity index (χ4v) is 2.87. The molecule has 0 aliphatic carbocycles. The van der Waals surface area contributed by atoms with Gasteiger partial charge in [-0.3, -0.25) is 4.68 Å². The molecule has 118 valence electrons. The summed E-state index contributed by atoms with van der Waals surface area (Å²) in [4.78, 5) is 14.2. The summed E-state index contributed by atoms with van der Waals surface area (Å²) in [6.07, 6.45) is 6.00. The summed E-state index contributed by atoms with van der Waals surface area (Å²) in [6, 6.07) is 2.38. The molecule has 0 aliphatic rings. The molecule has 0 saturated carbocycles. The van der Waals surface area contributed by atoms with E-state index >= 15 is 0 Å². The zero-order valence-corrected chi connectivity index (χ0v) is 12.7. The molecule has 0 atom stereocenters. The Morgan fingerprint density at radius 3 is 2.68 bits per heavy atom. The molecule has 2 heterocycles. The molecule has 0 bridgehead atoms. The first-order chi connectivity index (χ1) is 10.4. The first-order valence-electron chi connectivity index (χ1n) is 6.55. The van der Waals surface area contributed by atoms with Crippen LogP contribution in [-0.2, 0) is 23.5 Å². The fraction of sp³-hybridized carbons (Fsp3) is 0.308. The van der Waals surface area contributed by atoms with Gasteiger partial charge in [0.05, 0.1) is 6.20 Å². The topological polar surface area (TPSA) is 114 Å². The van der Waals surface area contributed by atoms with Crippen LogP contribution in [0.4, 0.5) is 0 Å². The van der Waals surface area contributed by atoms with Crippen molar-refractivity contribution < 1.29 is 18.3 Å². The number of aryl methyl sites for hydroxylation is 2. The Labute approximate surface area is 127 Å². The Bertz CT molecular complexity index is 753. The van der Waals surface area contributed by atoms with Gasteiger partial charge in [0.25, 0.3) is 0 Å². The summed E-state index contributed by atoms with van der Waals surface area (Å²) < 4.78 is 28.2. The van der Waals surface area contributed by atoms with Crippen LogP contribution in [0.5, 0.6) is 0 Å². The van der Waals surface area contributed by atoms with Crippen LogP contribution in [0, 0.1) is 0 Å². The van der Waals surface area contributed by atoms with E-state index in [9.17, 15) is 13.2 Å². The van der Waals surface area contributed by atoms with E-state index in [1.807, 2.05) is 13.2 Å². The Kier molecular flexibility index (Phi) is 4.88. The average molecular weight is 324 g/mol. The number of sulfonamides is 1. The number of hydrogen-bond acceptors (Lipinski definition) is 5. The van der Waals surface area contributed by atoms with Crippen molar-refractivity contribution in [1.82, 2.24) is 19.5 Å². The number of carboxylic acids is 1. The second kappa shape index (κ2) is 6.67. The minimum absolute atomic E-state index is 0.0566. The van der Waals surface area contributed by atoms with Crippen molar-refractivity contribution in [3.8, 4) is 0 Å². The minimum atomic E-state index is -3.68. The summed E-state index contributed by atoms with van der Waals surface area (Å²) in [5.74, 6) is -1.20. The lowest BCUT2D eigenvalue weighted by atomic mass is 10.2. The lowest BCUT2D eigenvalue weighted by Crippen LogP contribution is -2.25. The quantitative estimate of drug-likeness (QED) is 0.714. The van der Waals surface area contributed by atoms with Gasteiger partial charge in [0, 0.05) is 26.0 Å². The first kappa shape index (κ1) is 16.1. The molecule has 8 nitrogen and oxygen atoms in total. The van der Waals surface area contributed by atoms with Crippen molar-refractivity contribution in [2.75, 3.05) is 6.54 Å². The van der Waals surface area contributed by atoms with E-state index in [2.05, 4.69) is 14.8 Å². The molecule has 0 aromatic carbocycles. The highest BCUT2D eigenvalue weighted by Crippen LogP contribution is 2.08. The monoisotopic (exact) mass is 324 g/mol. The molecule has 2 N–H and O–H groups in total. The third kappa shape index (κ3) is 4.12. The van der Waals surface area contributed by atoms with Gasteiger partial charge in [-0.25, -0.2) is 22.9 Å². The lowest BCUT2D eigenvalue weighted by Gasteiger charge is -2.06. The van der Waals surface area contributed by atoms with E-state index < -0.39 is 16.0 Å². The van der Waals surface area contributed by atoms with Crippen molar-refractivity contribution in [2.24, 2.45) is 7.05 Å². The fourth-order valence-electron chi connectivity index (χ4n) is 1.85. The highest BCUT2D eigenvalue weighted by Gasteiger charge is 2.15. The Morgan fingerprint density at radius 1 is 1.36 bits per heavy atom. The van der Waals surface area contributed by atoms with Crippen LogP contribution in [-0.4, -0.2) is 40.8 Å². The predicted molar refractivity (Wildman–Crippen MR) is 77.9 cm³/mol. The Morgan fingerprint density at radius 2 is 2.14 bits per heavy atom. The van der Waals surface area contributed by atoms with Crippen LogP contribution < -0.4 is 4.72 Å². The van der Waals surface area contributed by atoms with Crippen LogP contribution in [0.1, 0.15) is 22.5 Å². The van der Waals surface area contributed by atoms with E-state index in [0.717, 1.165) is 17.8 Å². The number of nitrogens with one attached hydrogen (secondary N) is 1. The smallest absolute Gasteiger partial charge is 0.354 e. The molecule has 9 heteroatoms. The second-order valence-corrected chi connectivity index (χ2v) is 6.47. The third-order valence-corrected chi connectivity index (χ3v) is 4.40. The van der Waals surface area contributed by atoms with Crippen molar-refractivity contribution in [3.05, 3.63) is 42.0 Å². The van der Waals surface area contributed by atoms with Gasteiger partial charge in [0.15, 0.2) is 0 Å². The second-order valence-electron chi connectivity index (χ2n) is 4.71. The Balaban J connectivity index is 1.89. The standard InChI is InChI=1S/C13H16N4O4S/c1-17-9-10(7-15-17)3-2-6-16-22(20,21)11-4-5-12(13(18)19)14-8-11/h4-5,7-9,16H,2-3,6H2,1H3,(H,18,19). The molecule has 0 aliphatic heterocycles. The van der Waals surface area contributed by atoms with Gasteiger partial charge < -0.3 is 5.11 Å². The van der Waals surface area contributed by atoms with Crippen LogP contribution in [0.2, 0.25) is 0 Å². The van der Waals surface area contributed by atoms with Gasteiger partial charge in [-0.05, 0) is 30.5 Å². The summed E-state index contributed by atoms with van der Waals surface area (Å²) in [5.41, 5.74) is 0.838. The van der Waals surface area contributed by atoms with Crippen molar-refractivity contribution >= 4 is 16.0 Å². The normalized spacial score (nSPS) is 11.5. The number of carbonyl (C=O) groups is 1. The average Bonchev–Trinajstić information content (AvgIpc) is 2.89. The molecule has 22 heavy (non-hydrogen) atoms. The number of carboxylic acid groups (broad SMARTS) is 1. The van der Waals surface area contributed by atoms with Gasteiger partial charge in [-0.1, -0.05) is 0 Å². The van der Waals surface area contributed by atoms with Gasteiger partial charge in [0.2, 0.25) is 10.0 Å². The highest BCUT2D eigenvalue weighted by atomic mass is 32.2. The van der Waals surface area contributed by atoms with Crippen molar-refractivity contribution in [1.29, 1.82) is 0 Å². The SMILES string of the molecule is Cn1cc(CCCNS(=O)(=O)c2ccc(C(=O)O)nc2)cn1. The molecule has 0 saturated heterocycles. The van der Waals surface area contributed by atoms with Crippen LogP contribution >= 0.6 is 0 Å². The zero-order valence-electron chi connectivity index (χ0n) is 11.9. The number of hydrogen-bond donors (Lipinski definition) is 2. The highest BCUT2D eigenvalue weighted by molar-refractivity contribution is 7.89. The predicted octanol–water partition coefficient (Wildman–Crippen LogP) is 0.424. The maximum atomic E-state index is 12.0.